The molecule has 2 aromatic heterocycles. The van der Waals surface area contributed by atoms with E-state index in [4.69, 9.17) is 16.3 Å². The second kappa shape index (κ2) is 9.63. The summed E-state index contributed by atoms with van der Waals surface area (Å²) in [5.41, 5.74) is 4.35. The molecule has 0 aliphatic heterocycles. The Balaban J connectivity index is 1.23. The number of ether oxygens (including phenoxy) is 1. The molecule has 0 bridgehead atoms. The van der Waals surface area contributed by atoms with Crippen LogP contribution in [0, 0.1) is 0 Å². The van der Waals surface area contributed by atoms with Gasteiger partial charge < -0.3 is 14.8 Å². The van der Waals surface area contributed by atoms with Crippen LogP contribution in [0.3, 0.4) is 0 Å². The molecule has 5 aromatic rings. The number of aliphatic carboxylic acids is 1. The van der Waals surface area contributed by atoms with Crippen LogP contribution in [0.25, 0.3) is 28.2 Å². The first-order valence-electron chi connectivity index (χ1n) is 12.6. The molecule has 2 heterocycles. The van der Waals surface area contributed by atoms with Gasteiger partial charge in [0.05, 0.1) is 11.1 Å². The number of carbonyl (C=O) groups is 2. The lowest BCUT2D eigenvalue weighted by molar-refractivity contribution is -0.140. The first-order valence-corrected chi connectivity index (χ1v) is 13.0. The molecular weight excluding hydrogens is 516 g/mol. The minimum absolute atomic E-state index is 0.499. The number of nitrogens with one attached hydrogen (secondary N) is 2. The second-order valence-electron chi connectivity index (χ2n) is 9.71. The SMILES string of the molecule is CC(OC(=O)Nc1c(-c2ccc(-c3ccc(C4(C(=O)O)CC4)cc3)cc2)[nH]c2nccn12)c1ccccc1Cl. The Hall–Kier alpha value is -4.56. The lowest BCUT2D eigenvalue weighted by atomic mass is 9.93. The van der Waals surface area contributed by atoms with Crippen LogP contribution in [0.15, 0.2) is 85.2 Å². The summed E-state index contributed by atoms with van der Waals surface area (Å²) in [5.74, 6) is 0.314. The van der Waals surface area contributed by atoms with Gasteiger partial charge in [-0.2, -0.15) is 0 Å². The summed E-state index contributed by atoms with van der Waals surface area (Å²) in [6, 6.07) is 22.8. The van der Waals surface area contributed by atoms with Gasteiger partial charge in [-0.1, -0.05) is 78.3 Å². The number of H-pyrrole nitrogens is 1. The van der Waals surface area contributed by atoms with E-state index in [1.165, 1.54) is 0 Å². The van der Waals surface area contributed by atoms with Gasteiger partial charge in [0.15, 0.2) is 0 Å². The number of carbonyl (C=O) groups excluding carboxylic acids is 1. The molecule has 0 radical (unpaired) electrons. The molecule has 196 valence electrons. The number of fused-ring (bicyclic) bond motifs is 1. The molecule has 9 heteroatoms. The van der Waals surface area contributed by atoms with E-state index < -0.39 is 23.6 Å². The zero-order chi connectivity index (χ0) is 27.1. The first-order chi connectivity index (χ1) is 18.9. The molecule has 3 aromatic carbocycles. The number of hydrogen-bond donors (Lipinski definition) is 3. The van der Waals surface area contributed by atoms with E-state index in [0.717, 1.165) is 27.8 Å². The number of halogens is 1. The van der Waals surface area contributed by atoms with E-state index in [0.29, 0.717) is 35.2 Å². The normalized spacial score (nSPS) is 14.6. The van der Waals surface area contributed by atoms with Gasteiger partial charge in [-0.05, 0) is 42.5 Å². The number of aromatic amines is 1. The van der Waals surface area contributed by atoms with Gasteiger partial charge in [0.2, 0.25) is 5.78 Å². The number of anilines is 1. The molecule has 1 saturated carbocycles. The van der Waals surface area contributed by atoms with Crippen LogP contribution in [0.2, 0.25) is 5.02 Å². The lowest BCUT2D eigenvalue weighted by Gasteiger charge is -2.16. The van der Waals surface area contributed by atoms with Gasteiger partial charge >= 0.3 is 12.1 Å². The number of carboxylic acids is 1. The van der Waals surface area contributed by atoms with E-state index in [-0.39, 0.29) is 0 Å². The molecule has 1 atom stereocenters. The zero-order valence-corrected chi connectivity index (χ0v) is 21.8. The van der Waals surface area contributed by atoms with Crippen molar-refractivity contribution in [3.63, 3.8) is 0 Å². The minimum Gasteiger partial charge on any atom is -0.481 e. The van der Waals surface area contributed by atoms with E-state index in [9.17, 15) is 14.7 Å². The number of nitrogens with zero attached hydrogens (tertiary/aromatic N) is 2. The summed E-state index contributed by atoms with van der Waals surface area (Å²) in [5, 5.41) is 12.9. The Kier molecular flexibility index (Phi) is 6.12. The van der Waals surface area contributed by atoms with E-state index in [1.54, 1.807) is 29.8 Å². The Labute approximate surface area is 229 Å². The maximum absolute atomic E-state index is 12.9. The quantitative estimate of drug-likeness (QED) is 0.204. The van der Waals surface area contributed by atoms with Crippen molar-refractivity contribution >= 4 is 35.3 Å². The predicted molar refractivity (Wildman–Crippen MR) is 149 cm³/mol. The summed E-state index contributed by atoms with van der Waals surface area (Å²) < 4.78 is 7.37. The molecule has 3 N–H and O–H groups in total. The fourth-order valence-corrected chi connectivity index (χ4v) is 5.21. The van der Waals surface area contributed by atoms with Gasteiger partial charge in [0, 0.05) is 28.5 Å². The van der Waals surface area contributed by atoms with Crippen molar-refractivity contribution in [2.75, 3.05) is 5.32 Å². The van der Waals surface area contributed by atoms with Crippen molar-refractivity contribution in [1.29, 1.82) is 0 Å². The maximum Gasteiger partial charge on any atom is 0.413 e. The monoisotopic (exact) mass is 540 g/mol. The number of benzene rings is 3. The highest BCUT2D eigenvalue weighted by Gasteiger charge is 2.51. The van der Waals surface area contributed by atoms with Crippen molar-refractivity contribution in [3.8, 4) is 22.4 Å². The van der Waals surface area contributed by atoms with Crippen molar-refractivity contribution < 1.29 is 19.4 Å². The molecule has 6 rings (SSSR count). The van der Waals surface area contributed by atoms with Crippen LogP contribution in [-0.4, -0.2) is 31.5 Å². The highest BCUT2D eigenvalue weighted by atomic mass is 35.5. The summed E-state index contributed by atoms with van der Waals surface area (Å²) in [6.07, 6.45) is 3.58. The fourth-order valence-electron chi connectivity index (χ4n) is 4.92. The lowest BCUT2D eigenvalue weighted by Crippen LogP contribution is -2.19. The third-order valence-corrected chi connectivity index (χ3v) is 7.65. The highest BCUT2D eigenvalue weighted by Crippen LogP contribution is 2.48. The average Bonchev–Trinajstić information content (AvgIpc) is 3.52. The van der Waals surface area contributed by atoms with Crippen LogP contribution < -0.4 is 5.32 Å². The first kappa shape index (κ1) is 24.8. The van der Waals surface area contributed by atoms with Gasteiger partial charge in [-0.25, -0.2) is 9.78 Å². The van der Waals surface area contributed by atoms with E-state index in [2.05, 4.69) is 15.3 Å². The van der Waals surface area contributed by atoms with Gasteiger partial charge in [-0.3, -0.25) is 14.5 Å². The number of aromatic nitrogens is 3. The van der Waals surface area contributed by atoms with Crippen molar-refractivity contribution in [2.24, 2.45) is 0 Å². The van der Waals surface area contributed by atoms with Crippen molar-refractivity contribution in [1.82, 2.24) is 14.4 Å². The zero-order valence-electron chi connectivity index (χ0n) is 21.0. The smallest absolute Gasteiger partial charge is 0.413 e. The molecule has 0 spiro atoms. The van der Waals surface area contributed by atoms with Crippen LogP contribution in [-0.2, 0) is 14.9 Å². The van der Waals surface area contributed by atoms with Gasteiger partial charge in [-0.15, -0.1) is 0 Å². The number of carboxylic acid groups (broad SMARTS) is 1. The predicted octanol–water partition coefficient (Wildman–Crippen LogP) is 7.08. The molecule has 1 fully saturated rings. The third-order valence-electron chi connectivity index (χ3n) is 7.31. The number of imidazole rings is 2. The van der Waals surface area contributed by atoms with Crippen LogP contribution in [0.5, 0.6) is 0 Å². The highest BCUT2D eigenvalue weighted by molar-refractivity contribution is 6.31. The summed E-state index contributed by atoms with van der Waals surface area (Å²) in [7, 11) is 0. The number of amides is 1. The van der Waals surface area contributed by atoms with Crippen molar-refractivity contribution in [3.05, 3.63) is 101 Å². The third kappa shape index (κ3) is 4.53. The van der Waals surface area contributed by atoms with Crippen LogP contribution in [0.1, 0.15) is 37.0 Å². The van der Waals surface area contributed by atoms with Gasteiger partial charge in [0.25, 0.3) is 0 Å². The van der Waals surface area contributed by atoms with Crippen LogP contribution in [0.4, 0.5) is 10.6 Å². The summed E-state index contributed by atoms with van der Waals surface area (Å²) >= 11 is 6.26. The van der Waals surface area contributed by atoms with Crippen LogP contribution >= 0.6 is 11.6 Å². The molecule has 1 amide bonds. The maximum atomic E-state index is 12.9. The molecule has 0 saturated heterocycles. The van der Waals surface area contributed by atoms with Crippen molar-refractivity contribution in [2.45, 2.75) is 31.3 Å². The standard InChI is InChI=1S/C30H25ClN4O4/c1-18(23-4-2-3-5-24(23)31)39-29(38)34-26-25(33-28-32-16-17-35(26)28)21-8-6-19(7-9-21)20-10-12-22(13-11-20)30(14-15-30)27(36)37/h2-13,16-18H,14-15H2,1H3,(H,32,33)(H,34,38)(H,36,37). The molecule has 8 nitrogen and oxygen atoms in total. The largest absolute Gasteiger partial charge is 0.481 e. The molecular formula is C30H25ClN4O4. The molecule has 1 aliphatic carbocycles. The number of hydrogen-bond acceptors (Lipinski definition) is 4. The fraction of sp³-hybridized carbons (Fsp3) is 0.167. The Morgan fingerprint density at radius 3 is 2.31 bits per heavy atom. The molecule has 39 heavy (non-hydrogen) atoms. The molecule has 1 unspecified atom stereocenters. The van der Waals surface area contributed by atoms with Gasteiger partial charge in [0.1, 0.15) is 11.9 Å². The topological polar surface area (TPSA) is 109 Å². The number of rotatable bonds is 7. The second-order valence-corrected chi connectivity index (χ2v) is 10.1. The average molecular weight is 541 g/mol. The summed E-state index contributed by atoms with van der Waals surface area (Å²) in [6.45, 7) is 1.77. The Morgan fingerprint density at radius 2 is 1.67 bits per heavy atom. The Bertz CT molecular complexity index is 1680. The minimum atomic E-state index is -0.761. The Morgan fingerprint density at radius 1 is 1.03 bits per heavy atom. The summed E-state index contributed by atoms with van der Waals surface area (Å²) in [4.78, 5) is 32.1. The van der Waals surface area contributed by atoms with E-state index in [1.807, 2.05) is 66.7 Å². The van der Waals surface area contributed by atoms with E-state index >= 15 is 0 Å². The molecule has 1 aliphatic rings.